The van der Waals surface area contributed by atoms with Gasteiger partial charge in [0.2, 0.25) is 5.91 Å². The number of hydrogen-bond acceptors (Lipinski definition) is 2. The van der Waals surface area contributed by atoms with Crippen molar-refractivity contribution >= 4 is 11.9 Å². The first-order chi connectivity index (χ1) is 6.39. The fourth-order valence-electron chi connectivity index (χ4n) is 1.16. The monoisotopic (exact) mass is 201 g/mol. The minimum atomic E-state index is -1.10. The summed E-state index contributed by atoms with van der Waals surface area (Å²) >= 11 is 0. The van der Waals surface area contributed by atoms with Gasteiger partial charge in [0.1, 0.15) is 5.54 Å². The van der Waals surface area contributed by atoms with E-state index in [0.29, 0.717) is 12.8 Å². The van der Waals surface area contributed by atoms with Crippen molar-refractivity contribution in [2.75, 3.05) is 0 Å². The number of carboxylic acid groups (broad SMARTS) is 1. The third-order valence-electron chi connectivity index (χ3n) is 2.50. The molecule has 0 aromatic rings. The van der Waals surface area contributed by atoms with Crippen molar-refractivity contribution in [3.8, 4) is 0 Å². The lowest BCUT2D eigenvalue weighted by Crippen LogP contribution is -2.54. The Morgan fingerprint density at radius 3 is 1.93 bits per heavy atom. The van der Waals surface area contributed by atoms with E-state index in [0.717, 1.165) is 0 Å². The number of hydrogen-bond donors (Lipinski definition) is 2. The van der Waals surface area contributed by atoms with Crippen molar-refractivity contribution < 1.29 is 14.7 Å². The highest BCUT2D eigenvalue weighted by Crippen LogP contribution is 2.16. The molecule has 0 aromatic carbocycles. The molecule has 0 saturated heterocycles. The second-order valence-corrected chi connectivity index (χ2v) is 3.74. The highest BCUT2D eigenvalue weighted by atomic mass is 16.4. The molecule has 0 bridgehead atoms. The lowest BCUT2D eigenvalue weighted by atomic mass is 9.92. The summed E-state index contributed by atoms with van der Waals surface area (Å²) in [4.78, 5) is 22.4. The van der Waals surface area contributed by atoms with Gasteiger partial charge in [-0.2, -0.15) is 0 Å². The van der Waals surface area contributed by atoms with Gasteiger partial charge in [-0.15, -0.1) is 0 Å². The van der Waals surface area contributed by atoms with Crippen molar-refractivity contribution in [1.82, 2.24) is 5.32 Å². The van der Waals surface area contributed by atoms with Crippen LogP contribution in [0.3, 0.4) is 0 Å². The summed E-state index contributed by atoms with van der Waals surface area (Å²) in [5.41, 5.74) is -1.10. The first-order valence-electron chi connectivity index (χ1n) is 4.95. The lowest BCUT2D eigenvalue weighted by Gasteiger charge is -2.28. The van der Waals surface area contributed by atoms with Crippen molar-refractivity contribution in [3.63, 3.8) is 0 Å². The van der Waals surface area contributed by atoms with E-state index < -0.39 is 11.5 Å². The molecule has 0 aliphatic carbocycles. The SMILES string of the molecule is CCC(CC)(NC(=O)C(C)C)C(=O)O. The molecule has 0 aliphatic heterocycles. The second-order valence-electron chi connectivity index (χ2n) is 3.74. The summed E-state index contributed by atoms with van der Waals surface area (Å²) < 4.78 is 0. The quantitative estimate of drug-likeness (QED) is 0.706. The Balaban J connectivity index is 4.68. The molecule has 4 heteroatoms. The molecule has 0 rings (SSSR count). The van der Waals surface area contributed by atoms with Crippen LogP contribution in [0.5, 0.6) is 0 Å². The molecule has 82 valence electrons. The lowest BCUT2D eigenvalue weighted by molar-refractivity contribution is -0.148. The van der Waals surface area contributed by atoms with Gasteiger partial charge in [0.15, 0.2) is 0 Å². The number of carbonyl (C=O) groups excluding carboxylic acids is 1. The molecule has 0 spiro atoms. The number of carbonyl (C=O) groups is 2. The van der Waals surface area contributed by atoms with Crippen molar-refractivity contribution in [2.24, 2.45) is 5.92 Å². The van der Waals surface area contributed by atoms with Gasteiger partial charge >= 0.3 is 5.97 Å². The topological polar surface area (TPSA) is 66.4 Å². The van der Waals surface area contributed by atoms with Gasteiger partial charge in [-0.1, -0.05) is 27.7 Å². The maximum atomic E-state index is 11.4. The zero-order chi connectivity index (χ0) is 11.4. The first-order valence-corrected chi connectivity index (χ1v) is 4.95. The number of amides is 1. The molecule has 0 fully saturated rings. The molecule has 0 aliphatic rings. The van der Waals surface area contributed by atoms with E-state index in [2.05, 4.69) is 5.32 Å². The number of nitrogens with one attached hydrogen (secondary N) is 1. The Bertz CT molecular complexity index is 219. The Morgan fingerprint density at radius 2 is 1.71 bits per heavy atom. The van der Waals surface area contributed by atoms with Crippen molar-refractivity contribution in [3.05, 3.63) is 0 Å². The van der Waals surface area contributed by atoms with Gasteiger partial charge in [-0.05, 0) is 12.8 Å². The molecule has 1 amide bonds. The van der Waals surface area contributed by atoms with Gasteiger partial charge in [0.25, 0.3) is 0 Å². The van der Waals surface area contributed by atoms with Crippen LogP contribution in [-0.2, 0) is 9.59 Å². The zero-order valence-corrected chi connectivity index (χ0v) is 9.26. The zero-order valence-electron chi connectivity index (χ0n) is 9.26. The Hall–Kier alpha value is -1.06. The molecule has 0 unspecified atom stereocenters. The van der Waals surface area contributed by atoms with Gasteiger partial charge in [-0.25, -0.2) is 4.79 Å². The van der Waals surface area contributed by atoms with Crippen LogP contribution in [0.1, 0.15) is 40.5 Å². The molecule has 4 nitrogen and oxygen atoms in total. The number of rotatable bonds is 5. The number of carboxylic acids is 1. The normalized spacial score (nSPS) is 11.5. The van der Waals surface area contributed by atoms with Gasteiger partial charge in [0, 0.05) is 5.92 Å². The third kappa shape index (κ3) is 2.72. The molecular formula is C10H19NO3. The van der Waals surface area contributed by atoms with Crippen LogP contribution in [-0.4, -0.2) is 22.5 Å². The Morgan fingerprint density at radius 1 is 1.29 bits per heavy atom. The van der Waals surface area contributed by atoms with E-state index in [1.165, 1.54) is 0 Å². The highest BCUT2D eigenvalue weighted by molar-refractivity contribution is 5.87. The molecular weight excluding hydrogens is 182 g/mol. The molecule has 0 aromatic heterocycles. The van der Waals surface area contributed by atoms with E-state index >= 15 is 0 Å². The van der Waals surface area contributed by atoms with E-state index in [1.54, 1.807) is 27.7 Å². The molecule has 0 atom stereocenters. The highest BCUT2D eigenvalue weighted by Gasteiger charge is 2.36. The van der Waals surface area contributed by atoms with Crippen LogP contribution in [0.4, 0.5) is 0 Å². The maximum absolute atomic E-state index is 11.4. The standard InChI is InChI=1S/C10H19NO3/c1-5-10(6-2,9(13)14)11-8(12)7(3)4/h7H,5-6H2,1-4H3,(H,11,12)(H,13,14). The van der Waals surface area contributed by atoms with Crippen LogP contribution < -0.4 is 5.32 Å². The summed E-state index contributed by atoms with van der Waals surface area (Å²) in [5, 5.41) is 11.6. The summed E-state index contributed by atoms with van der Waals surface area (Å²) in [5.74, 6) is -1.36. The summed E-state index contributed by atoms with van der Waals surface area (Å²) in [6.07, 6.45) is 0.800. The van der Waals surface area contributed by atoms with Gasteiger partial charge in [0.05, 0.1) is 0 Å². The fourth-order valence-corrected chi connectivity index (χ4v) is 1.16. The van der Waals surface area contributed by atoms with E-state index in [-0.39, 0.29) is 11.8 Å². The Labute approximate surface area is 84.7 Å². The number of aliphatic carboxylic acids is 1. The van der Waals surface area contributed by atoms with Crippen LogP contribution in [0.2, 0.25) is 0 Å². The van der Waals surface area contributed by atoms with Gasteiger partial charge < -0.3 is 10.4 Å². The maximum Gasteiger partial charge on any atom is 0.329 e. The van der Waals surface area contributed by atoms with E-state index in [9.17, 15) is 9.59 Å². The third-order valence-corrected chi connectivity index (χ3v) is 2.50. The predicted molar refractivity (Wildman–Crippen MR) is 53.9 cm³/mol. The van der Waals surface area contributed by atoms with Crippen LogP contribution in [0.15, 0.2) is 0 Å². The second kappa shape index (κ2) is 4.98. The Kier molecular flexibility index (Phi) is 4.60. The van der Waals surface area contributed by atoms with Gasteiger partial charge in [-0.3, -0.25) is 4.79 Å². The van der Waals surface area contributed by atoms with Crippen LogP contribution in [0.25, 0.3) is 0 Å². The summed E-state index contributed by atoms with van der Waals surface area (Å²) in [7, 11) is 0. The molecule has 2 N–H and O–H groups in total. The van der Waals surface area contributed by atoms with Crippen molar-refractivity contribution in [1.29, 1.82) is 0 Å². The van der Waals surface area contributed by atoms with Crippen LogP contribution >= 0.6 is 0 Å². The van der Waals surface area contributed by atoms with E-state index in [1.807, 2.05) is 0 Å². The largest absolute Gasteiger partial charge is 0.480 e. The van der Waals surface area contributed by atoms with Crippen molar-refractivity contribution in [2.45, 2.75) is 46.1 Å². The molecule has 0 radical (unpaired) electrons. The minimum Gasteiger partial charge on any atom is -0.480 e. The summed E-state index contributed by atoms with van der Waals surface area (Å²) in [6, 6.07) is 0. The average molecular weight is 201 g/mol. The fraction of sp³-hybridized carbons (Fsp3) is 0.800. The first kappa shape index (κ1) is 12.9. The summed E-state index contributed by atoms with van der Waals surface area (Å²) in [6.45, 7) is 7.01. The smallest absolute Gasteiger partial charge is 0.329 e. The predicted octanol–water partition coefficient (Wildman–Crippen LogP) is 1.40. The molecule has 0 heterocycles. The molecule has 0 saturated carbocycles. The molecule has 14 heavy (non-hydrogen) atoms. The van der Waals surface area contributed by atoms with Crippen LogP contribution in [0, 0.1) is 5.92 Å². The minimum absolute atomic E-state index is 0.188. The van der Waals surface area contributed by atoms with E-state index in [4.69, 9.17) is 5.11 Å². The average Bonchev–Trinajstić information content (AvgIpc) is 2.13.